The Bertz CT molecular complexity index is 829. The van der Waals surface area contributed by atoms with E-state index < -0.39 is 0 Å². The van der Waals surface area contributed by atoms with E-state index in [2.05, 4.69) is 50.8 Å². The first-order valence-electron chi connectivity index (χ1n) is 9.03. The third-order valence-corrected chi connectivity index (χ3v) is 5.83. The van der Waals surface area contributed by atoms with E-state index in [0.29, 0.717) is 12.6 Å². The second-order valence-corrected chi connectivity index (χ2v) is 7.73. The molecule has 4 rings (SSSR count). The van der Waals surface area contributed by atoms with Crippen LogP contribution in [0.1, 0.15) is 34.3 Å². The molecule has 0 fully saturated rings. The topological polar surface area (TPSA) is 43.2 Å². The highest BCUT2D eigenvalue weighted by molar-refractivity contribution is 7.09. The fourth-order valence-corrected chi connectivity index (χ4v) is 4.34. The number of ether oxygens (including phenoxy) is 1. The van der Waals surface area contributed by atoms with Gasteiger partial charge in [-0.2, -0.15) is 0 Å². The van der Waals surface area contributed by atoms with E-state index in [1.165, 1.54) is 10.6 Å². The first kappa shape index (κ1) is 17.4. The zero-order chi connectivity index (χ0) is 17.8. The van der Waals surface area contributed by atoms with Gasteiger partial charge < -0.3 is 9.30 Å². The molecule has 0 aromatic carbocycles. The molecule has 136 valence electrons. The number of pyridine rings is 1. The van der Waals surface area contributed by atoms with Crippen LogP contribution in [0.2, 0.25) is 0 Å². The smallest absolute Gasteiger partial charge is 0.0798 e. The Hall–Kier alpha value is -2.02. The van der Waals surface area contributed by atoms with Crippen LogP contribution in [0.4, 0.5) is 0 Å². The number of hydrogen-bond donors (Lipinski definition) is 0. The first-order valence-corrected chi connectivity index (χ1v) is 9.91. The van der Waals surface area contributed by atoms with Gasteiger partial charge in [-0.1, -0.05) is 6.07 Å². The summed E-state index contributed by atoms with van der Waals surface area (Å²) in [5, 5.41) is 0. The van der Waals surface area contributed by atoms with Gasteiger partial charge in [0.15, 0.2) is 0 Å². The van der Waals surface area contributed by atoms with Crippen LogP contribution in [0.25, 0.3) is 0 Å². The summed E-state index contributed by atoms with van der Waals surface area (Å²) in [6.07, 6.45) is 6.87. The third kappa shape index (κ3) is 4.03. The molecule has 1 atom stereocenters. The molecule has 3 aromatic heterocycles. The number of hydrogen-bond acceptors (Lipinski definition) is 5. The maximum Gasteiger partial charge on any atom is 0.0798 e. The summed E-state index contributed by atoms with van der Waals surface area (Å²) in [6, 6.07) is 8.84. The Morgan fingerprint density at radius 1 is 1.31 bits per heavy atom. The van der Waals surface area contributed by atoms with Crippen molar-refractivity contribution in [2.24, 2.45) is 0 Å². The van der Waals surface area contributed by atoms with Gasteiger partial charge in [0.05, 0.1) is 17.8 Å². The second kappa shape index (κ2) is 8.12. The van der Waals surface area contributed by atoms with Crippen molar-refractivity contribution < 1.29 is 4.74 Å². The fourth-order valence-electron chi connectivity index (χ4n) is 3.52. The molecule has 0 N–H and O–H groups in total. The van der Waals surface area contributed by atoms with Gasteiger partial charge >= 0.3 is 0 Å². The van der Waals surface area contributed by atoms with Crippen molar-refractivity contribution in [2.45, 2.75) is 39.1 Å². The molecule has 3 aromatic rings. The molecular weight excluding hydrogens is 344 g/mol. The Morgan fingerprint density at radius 2 is 2.27 bits per heavy atom. The lowest BCUT2D eigenvalue weighted by Crippen LogP contribution is -2.36. The van der Waals surface area contributed by atoms with Gasteiger partial charge in [0.25, 0.3) is 0 Å². The lowest BCUT2D eigenvalue weighted by molar-refractivity contribution is 0.0911. The molecule has 0 bridgehead atoms. The van der Waals surface area contributed by atoms with Gasteiger partial charge in [0, 0.05) is 61.4 Å². The summed E-state index contributed by atoms with van der Waals surface area (Å²) < 4.78 is 8.31. The van der Waals surface area contributed by atoms with Crippen LogP contribution in [0.5, 0.6) is 0 Å². The molecule has 0 saturated heterocycles. The zero-order valence-corrected chi connectivity index (χ0v) is 15.9. The standard InChI is InChI=1S/C20H24N4OS/c1-16-20(26-15-22-16)13-23-11-18-5-3-8-24(18)19(12-23)6-9-25-14-17-4-2-7-21-10-17/h2-5,7-8,10,15,19H,6,9,11-14H2,1H3. The summed E-state index contributed by atoms with van der Waals surface area (Å²) >= 11 is 1.76. The Labute approximate surface area is 158 Å². The van der Waals surface area contributed by atoms with Crippen molar-refractivity contribution in [3.05, 3.63) is 70.2 Å². The number of aromatic nitrogens is 3. The van der Waals surface area contributed by atoms with Crippen LogP contribution in [0, 0.1) is 6.92 Å². The highest BCUT2D eigenvalue weighted by Gasteiger charge is 2.24. The van der Waals surface area contributed by atoms with Gasteiger partial charge in [-0.25, -0.2) is 4.98 Å². The highest BCUT2D eigenvalue weighted by atomic mass is 32.1. The lowest BCUT2D eigenvalue weighted by atomic mass is 10.1. The molecule has 0 aliphatic carbocycles. The largest absolute Gasteiger partial charge is 0.377 e. The molecule has 26 heavy (non-hydrogen) atoms. The average molecular weight is 369 g/mol. The van der Waals surface area contributed by atoms with Crippen molar-refractivity contribution in [3.63, 3.8) is 0 Å². The van der Waals surface area contributed by atoms with Gasteiger partial charge in [-0.15, -0.1) is 11.3 Å². The SMILES string of the molecule is Cc1ncsc1CN1Cc2cccn2C(CCOCc2cccnc2)C1. The Morgan fingerprint density at radius 3 is 3.08 bits per heavy atom. The molecule has 5 nitrogen and oxygen atoms in total. The number of thiazole rings is 1. The molecule has 0 spiro atoms. The second-order valence-electron chi connectivity index (χ2n) is 6.79. The third-order valence-electron chi connectivity index (χ3n) is 4.91. The predicted octanol–water partition coefficient (Wildman–Crippen LogP) is 3.81. The fraction of sp³-hybridized carbons (Fsp3) is 0.400. The normalized spacial score (nSPS) is 17.3. The van der Waals surface area contributed by atoms with Gasteiger partial charge in [-0.05, 0) is 37.1 Å². The minimum absolute atomic E-state index is 0.455. The van der Waals surface area contributed by atoms with E-state index in [1.54, 1.807) is 17.5 Å². The van der Waals surface area contributed by atoms with Crippen LogP contribution in [0.3, 0.4) is 0 Å². The van der Waals surface area contributed by atoms with E-state index in [1.807, 2.05) is 17.8 Å². The van der Waals surface area contributed by atoms with Crippen molar-refractivity contribution in [1.29, 1.82) is 0 Å². The van der Waals surface area contributed by atoms with E-state index in [0.717, 1.165) is 43.9 Å². The summed E-state index contributed by atoms with van der Waals surface area (Å²) in [6.45, 7) is 6.51. The lowest BCUT2D eigenvalue weighted by Gasteiger charge is -2.35. The molecule has 1 aliphatic rings. The van der Waals surface area contributed by atoms with Crippen LogP contribution >= 0.6 is 11.3 Å². The number of nitrogens with zero attached hydrogens (tertiary/aromatic N) is 4. The summed E-state index contributed by atoms with van der Waals surface area (Å²) in [7, 11) is 0. The quantitative estimate of drug-likeness (QED) is 0.595. The van der Waals surface area contributed by atoms with Crippen LogP contribution < -0.4 is 0 Å². The number of rotatable bonds is 7. The van der Waals surface area contributed by atoms with E-state index in [-0.39, 0.29) is 0 Å². The summed E-state index contributed by atoms with van der Waals surface area (Å²) in [4.78, 5) is 12.4. The first-order chi connectivity index (χ1) is 12.8. The number of aryl methyl sites for hydroxylation is 1. The molecule has 1 unspecified atom stereocenters. The molecule has 6 heteroatoms. The minimum atomic E-state index is 0.455. The number of fused-ring (bicyclic) bond motifs is 1. The van der Waals surface area contributed by atoms with Gasteiger partial charge in [-0.3, -0.25) is 9.88 Å². The van der Waals surface area contributed by atoms with E-state index >= 15 is 0 Å². The van der Waals surface area contributed by atoms with Crippen LogP contribution in [0.15, 0.2) is 48.4 Å². The maximum absolute atomic E-state index is 5.89. The Balaban J connectivity index is 1.35. The van der Waals surface area contributed by atoms with E-state index in [4.69, 9.17) is 4.74 Å². The minimum Gasteiger partial charge on any atom is -0.377 e. The van der Waals surface area contributed by atoms with Crippen molar-refractivity contribution in [1.82, 2.24) is 19.4 Å². The molecule has 0 saturated carbocycles. The zero-order valence-electron chi connectivity index (χ0n) is 15.0. The van der Waals surface area contributed by atoms with Crippen LogP contribution in [-0.4, -0.2) is 32.6 Å². The average Bonchev–Trinajstić information content (AvgIpc) is 3.29. The predicted molar refractivity (Wildman–Crippen MR) is 103 cm³/mol. The van der Waals surface area contributed by atoms with E-state index in [9.17, 15) is 0 Å². The van der Waals surface area contributed by atoms with Gasteiger partial charge in [0.2, 0.25) is 0 Å². The molecular formula is C20H24N4OS. The molecule has 4 heterocycles. The maximum atomic E-state index is 5.89. The highest BCUT2D eigenvalue weighted by Crippen LogP contribution is 2.27. The Kier molecular flexibility index (Phi) is 5.43. The molecule has 1 aliphatic heterocycles. The van der Waals surface area contributed by atoms with Crippen LogP contribution in [-0.2, 0) is 24.4 Å². The summed E-state index contributed by atoms with van der Waals surface area (Å²) in [5.74, 6) is 0. The van der Waals surface area contributed by atoms with Crippen molar-refractivity contribution >= 4 is 11.3 Å². The van der Waals surface area contributed by atoms with Crippen molar-refractivity contribution in [3.8, 4) is 0 Å². The van der Waals surface area contributed by atoms with Crippen molar-refractivity contribution in [2.75, 3.05) is 13.2 Å². The molecule has 0 amide bonds. The monoisotopic (exact) mass is 368 g/mol. The van der Waals surface area contributed by atoms with Gasteiger partial charge in [0.1, 0.15) is 0 Å². The molecule has 0 radical (unpaired) electrons. The summed E-state index contributed by atoms with van der Waals surface area (Å²) in [5.41, 5.74) is 5.62.